The largest absolute Gasteiger partial charge is 0.381 e. The van der Waals surface area contributed by atoms with E-state index in [0.717, 1.165) is 47.1 Å². The fourth-order valence-electron chi connectivity index (χ4n) is 6.23. The number of aryl methyl sites for hydroxylation is 1. The number of halogens is 1. The van der Waals surface area contributed by atoms with Crippen LogP contribution in [-0.2, 0) is 26.5 Å². The zero-order valence-electron chi connectivity index (χ0n) is 24.3. The Morgan fingerprint density at radius 1 is 1.16 bits per heavy atom. The Labute approximate surface area is 257 Å². The molecule has 11 nitrogen and oxygen atoms in total. The van der Waals surface area contributed by atoms with Crippen LogP contribution in [0.2, 0.25) is 5.02 Å². The first-order valence-electron chi connectivity index (χ1n) is 14.5. The lowest BCUT2D eigenvalue weighted by atomic mass is 9.90. The number of nitrogens with zero attached hydrogens (tertiary/aromatic N) is 5. The van der Waals surface area contributed by atoms with E-state index in [-0.39, 0.29) is 12.1 Å². The van der Waals surface area contributed by atoms with E-state index in [1.807, 2.05) is 52.9 Å². The van der Waals surface area contributed by atoms with Gasteiger partial charge in [0.1, 0.15) is 0 Å². The maximum atomic E-state index is 12.7. The van der Waals surface area contributed by atoms with Crippen molar-refractivity contribution in [1.82, 2.24) is 29.1 Å². The monoisotopic (exact) mass is 628 g/mol. The summed E-state index contributed by atoms with van der Waals surface area (Å²) in [4.78, 5) is 13.4. The number of sulfonamides is 1. The lowest BCUT2D eigenvalue weighted by Crippen LogP contribution is -2.53. The van der Waals surface area contributed by atoms with Gasteiger partial charge in [-0.3, -0.25) is 14.8 Å². The van der Waals surface area contributed by atoms with Crippen molar-refractivity contribution in [2.75, 3.05) is 45.6 Å². The Morgan fingerprint density at radius 3 is 2.63 bits per heavy atom. The van der Waals surface area contributed by atoms with Gasteiger partial charge in [0.2, 0.25) is 16.4 Å². The lowest BCUT2D eigenvalue weighted by Gasteiger charge is -2.41. The summed E-state index contributed by atoms with van der Waals surface area (Å²) in [6, 6.07) is 8.72. The average molecular weight is 629 g/mol. The number of fused-ring (bicyclic) bond motifs is 2. The number of pyridine rings is 1. The maximum absolute atomic E-state index is 12.7. The molecule has 0 spiro atoms. The highest BCUT2D eigenvalue weighted by atomic mass is 35.5. The van der Waals surface area contributed by atoms with E-state index in [2.05, 4.69) is 14.6 Å². The van der Waals surface area contributed by atoms with Crippen LogP contribution in [0.3, 0.4) is 0 Å². The van der Waals surface area contributed by atoms with Crippen LogP contribution < -0.4 is 4.72 Å². The lowest BCUT2D eigenvalue weighted by molar-refractivity contribution is -0.234. The highest BCUT2D eigenvalue weighted by Gasteiger charge is 2.36. The summed E-state index contributed by atoms with van der Waals surface area (Å²) in [5.74, 6) is 0. The summed E-state index contributed by atoms with van der Waals surface area (Å²) < 4.78 is 41.4. The predicted molar refractivity (Wildman–Crippen MR) is 163 cm³/mol. The first-order valence-corrected chi connectivity index (χ1v) is 16.7. The van der Waals surface area contributed by atoms with E-state index in [1.165, 1.54) is 0 Å². The van der Waals surface area contributed by atoms with E-state index in [4.69, 9.17) is 26.1 Å². The van der Waals surface area contributed by atoms with Gasteiger partial charge in [-0.25, -0.2) is 18.1 Å². The van der Waals surface area contributed by atoms with Crippen molar-refractivity contribution >= 4 is 33.3 Å². The van der Waals surface area contributed by atoms with Crippen molar-refractivity contribution in [3.05, 3.63) is 82.2 Å². The minimum Gasteiger partial charge on any atom is -0.381 e. The number of hydrogen-bond acceptors (Lipinski definition) is 9. The molecule has 3 aromatic rings. The van der Waals surface area contributed by atoms with Crippen LogP contribution in [0.4, 0.5) is 0 Å². The normalized spacial score (nSPS) is 21.9. The number of imidazole rings is 1. The van der Waals surface area contributed by atoms with Crippen molar-refractivity contribution in [1.29, 1.82) is 0 Å². The Kier molecular flexibility index (Phi) is 8.99. The Balaban J connectivity index is 1.36. The number of nitrogens with one attached hydrogen (secondary N) is 1. The standard InChI is InChI=1S/C30H37ClN6O5S/c1-35-19-32-18-26(35)28(34-43(2,39)40)25-16-20-4-3-9-33-27(20)29(23-6-5-21(31)17-24(23)25)36-10-12-37(13-11-36)30(38)42-22-7-14-41-15-8-22/h3-6,9,16-19,22,28-30,34,38H,7-8,10-15H2,1-2H3. The molecule has 4 heterocycles. The first-order chi connectivity index (χ1) is 20.7. The van der Waals surface area contributed by atoms with Crippen LogP contribution in [0.5, 0.6) is 0 Å². The molecule has 2 N–H and O–H groups in total. The van der Waals surface area contributed by atoms with Gasteiger partial charge in [0.15, 0.2) is 0 Å². The average Bonchev–Trinajstić information content (AvgIpc) is 3.36. The number of rotatable bonds is 8. The minimum absolute atomic E-state index is 0.00579. The zero-order valence-corrected chi connectivity index (χ0v) is 25.8. The van der Waals surface area contributed by atoms with Crippen molar-refractivity contribution < 1.29 is 23.0 Å². The van der Waals surface area contributed by atoms with Gasteiger partial charge in [-0.15, -0.1) is 0 Å². The number of aliphatic hydroxyl groups is 1. The molecule has 2 fully saturated rings. The Hall–Kier alpha value is -2.68. The van der Waals surface area contributed by atoms with E-state index < -0.39 is 22.5 Å². The molecule has 43 heavy (non-hydrogen) atoms. The smallest absolute Gasteiger partial charge is 0.216 e. The van der Waals surface area contributed by atoms with Gasteiger partial charge in [0.05, 0.1) is 48.4 Å². The molecule has 0 radical (unpaired) electrons. The second-order valence-electron chi connectivity index (χ2n) is 11.3. The second kappa shape index (κ2) is 12.7. The van der Waals surface area contributed by atoms with Crippen LogP contribution in [0.25, 0.3) is 11.6 Å². The molecule has 6 rings (SSSR count). The van der Waals surface area contributed by atoms with Gasteiger partial charge in [-0.2, -0.15) is 0 Å². The Bertz CT molecular complexity index is 1580. The fourth-order valence-corrected chi connectivity index (χ4v) is 7.08. The molecule has 3 aliphatic rings. The topological polar surface area (TPSA) is 122 Å². The van der Waals surface area contributed by atoms with Gasteiger partial charge in [0, 0.05) is 57.7 Å². The van der Waals surface area contributed by atoms with E-state index >= 15 is 0 Å². The maximum Gasteiger partial charge on any atom is 0.216 e. The molecule has 2 saturated heterocycles. The van der Waals surface area contributed by atoms with Crippen LogP contribution in [0.15, 0.2) is 49.1 Å². The number of aliphatic hydroxyl groups excluding tert-OH is 1. The van der Waals surface area contributed by atoms with E-state index in [9.17, 15) is 13.5 Å². The quantitative estimate of drug-likeness (QED) is 0.363. The van der Waals surface area contributed by atoms with Crippen molar-refractivity contribution in [2.45, 2.75) is 37.4 Å². The van der Waals surface area contributed by atoms with Crippen molar-refractivity contribution in [3.63, 3.8) is 0 Å². The molecule has 1 aromatic carbocycles. The van der Waals surface area contributed by atoms with Gasteiger partial charge in [0.25, 0.3) is 0 Å². The van der Waals surface area contributed by atoms with Crippen LogP contribution in [0.1, 0.15) is 53.0 Å². The molecular formula is C30H37ClN6O5S. The SMILES string of the molecule is Cn1cncc1C(NS(C)(=O)=O)C1=Cc2cccnc2C(N2CCN(C(O)OC3CCOCC3)CC2)c2ccc(Cl)cc21. The summed E-state index contributed by atoms with van der Waals surface area (Å²) >= 11 is 6.60. The molecule has 0 saturated carbocycles. The molecule has 1 aliphatic carbocycles. The number of benzene rings is 1. The molecule has 13 heteroatoms. The number of aromatic nitrogens is 3. The van der Waals surface area contributed by atoms with Gasteiger partial charge < -0.3 is 19.1 Å². The van der Waals surface area contributed by atoms with Crippen molar-refractivity contribution in [2.24, 2.45) is 7.05 Å². The van der Waals surface area contributed by atoms with Crippen molar-refractivity contribution in [3.8, 4) is 0 Å². The molecule has 2 aromatic heterocycles. The van der Waals surface area contributed by atoms with E-state index in [0.29, 0.717) is 50.1 Å². The van der Waals surface area contributed by atoms with Gasteiger partial charge >= 0.3 is 0 Å². The summed E-state index contributed by atoms with van der Waals surface area (Å²) in [7, 11) is -1.77. The summed E-state index contributed by atoms with van der Waals surface area (Å²) in [6.45, 7) is 3.86. The van der Waals surface area contributed by atoms with Crippen LogP contribution in [0, 0.1) is 0 Å². The van der Waals surface area contributed by atoms with Crippen LogP contribution in [-0.4, -0.2) is 96.0 Å². The number of ether oxygens (including phenoxy) is 2. The molecular weight excluding hydrogens is 592 g/mol. The van der Waals surface area contributed by atoms with Gasteiger partial charge in [-0.05, 0) is 59.4 Å². The van der Waals surface area contributed by atoms with Gasteiger partial charge in [-0.1, -0.05) is 23.7 Å². The first kappa shape index (κ1) is 30.4. The molecule has 230 valence electrons. The Morgan fingerprint density at radius 2 is 1.93 bits per heavy atom. The van der Waals surface area contributed by atoms with Crippen LogP contribution >= 0.6 is 11.6 Å². The van der Waals surface area contributed by atoms with E-state index in [1.54, 1.807) is 18.7 Å². The highest BCUT2D eigenvalue weighted by molar-refractivity contribution is 7.88. The second-order valence-corrected chi connectivity index (χ2v) is 13.5. The minimum atomic E-state index is -3.62. The zero-order chi connectivity index (χ0) is 30.1. The third-order valence-corrected chi connectivity index (χ3v) is 9.26. The summed E-state index contributed by atoms with van der Waals surface area (Å²) in [5, 5.41) is 11.4. The molecule has 3 atom stereocenters. The fraction of sp³-hybridized carbons (Fsp3) is 0.467. The molecule has 0 amide bonds. The highest BCUT2D eigenvalue weighted by Crippen LogP contribution is 2.44. The molecule has 2 aliphatic heterocycles. The third-order valence-electron chi connectivity index (χ3n) is 8.36. The molecule has 3 unspecified atom stereocenters. The predicted octanol–water partition coefficient (Wildman–Crippen LogP) is 2.79. The number of piperazine rings is 1. The summed E-state index contributed by atoms with van der Waals surface area (Å²) in [5.41, 5.74) is 5.02. The third kappa shape index (κ3) is 6.71. The molecule has 0 bridgehead atoms. The number of hydrogen-bond donors (Lipinski definition) is 2. The summed E-state index contributed by atoms with van der Waals surface area (Å²) in [6.07, 6.45) is 8.87.